The van der Waals surface area contributed by atoms with Gasteiger partial charge in [0.15, 0.2) is 0 Å². The Bertz CT molecular complexity index is 267. The number of rotatable bonds is 7. The van der Waals surface area contributed by atoms with E-state index < -0.39 is 0 Å². The first-order valence-corrected chi connectivity index (χ1v) is 6.75. The van der Waals surface area contributed by atoms with Gasteiger partial charge in [-0.1, -0.05) is 18.9 Å². The number of hydrogen-bond donors (Lipinski definition) is 2. The van der Waals surface area contributed by atoms with Gasteiger partial charge in [0.05, 0.1) is 0 Å². The lowest BCUT2D eigenvalue weighted by atomic mass is 10.0. The summed E-state index contributed by atoms with van der Waals surface area (Å²) in [4.78, 5) is 1.50. The fourth-order valence-electron chi connectivity index (χ4n) is 2.00. The summed E-state index contributed by atoms with van der Waals surface area (Å²) >= 11 is 1.86. The SMILES string of the molecule is NNC(CCCc1cccs1)CC1CC1. The van der Waals surface area contributed by atoms with Gasteiger partial charge in [0.2, 0.25) is 0 Å². The van der Waals surface area contributed by atoms with Crippen molar-refractivity contribution in [1.29, 1.82) is 0 Å². The number of hydrogen-bond acceptors (Lipinski definition) is 3. The first-order chi connectivity index (χ1) is 7.38. The van der Waals surface area contributed by atoms with Crippen molar-refractivity contribution in [3.8, 4) is 0 Å². The quantitative estimate of drug-likeness (QED) is 0.552. The molecule has 1 unspecified atom stereocenters. The Morgan fingerprint density at radius 2 is 2.40 bits per heavy atom. The molecule has 1 aliphatic rings. The standard InChI is InChI=1S/C12H20N2S/c13-14-11(9-10-6-7-10)3-1-4-12-5-2-8-15-12/h2,5,8,10-11,14H,1,3-4,6-7,9,13H2. The fourth-order valence-corrected chi connectivity index (χ4v) is 2.75. The Hall–Kier alpha value is -0.380. The van der Waals surface area contributed by atoms with Crippen LogP contribution >= 0.6 is 11.3 Å². The molecule has 3 N–H and O–H groups in total. The molecule has 84 valence electrons. The van der Waals surface area contributed by atoms with Crippen molar-refractivity contribution in [2.75, 3.05) is 0 Å². The van der Waals surface area contributed by atoms with Gasteiger partial charge in [-0.05, 0) is 43.0 Å². The van der Waals surface area contributed by atoms with Gasteiger partial charge in [0.25, 0.3) is 0 Å². The molecule has 1 saturated carbocycles. The minimum Gasteiger partial charge on any atom is -0.271 e. The number of nitrogens with two attached hydrogens (primary N) is 1. The molecule has 0 aromatic carbocycles. The third-order valence-electron chi connectivity index (χ3n) is 3.11. The van der Waals surface area contributed by atoms with E-state index in [0.717, 1.165) is 5.92 Å². The summed E-state index contributed by atoms with van der Waals surface area (Å²) in [7, 11) is 0. The van der Waals surface area contributed by atoms with E-state index in [9.17, 15) is 0 Å². The largest absolute Gasteiger partial charge is 0.271 e. The second-order valence-electron chi connectivity index (χ2n) is 4.51. The van der Waals surface area contributed by atoms with Gasteiger partial charge in [-0.15, -0.1) is 11.3 Å². The predicted molar refractivity (Wildman–Crippen MR) is 65.7 cm³/mol. The highest BCUT2D eigenvalue weighted by atomic mass is 32.1. The Morgan fingerprint density at radius 3 is 3.00 bits per heavy atom. The summed E-state index contributed by atoms with van der Waals surface area (Å²) in [5.41, 5.74) is 2.96. The lowest BCUT2D eigenvalue weighted by Crippen LogP contribution is -2.35. The summed E-state index contributed by atoms with van der Waals surface area (Å²) in [6, 6.07) is 4.89. The molecule has 0 spiro atoms. The van der Waals surface area contributed by atoms with E-state index in [-0.39, 0.29) is 0 Å². The molecular weight excluding hydrogens is 204 g/mol. The maximum Gasteiger partial charge on any atom is 0.0213 e. The van der Waals surface area contributed by atoms with Crippen LogP contribution in [0, 0.1) is 5.92 Å². The van der Waals surface area contributed by atoms with Crippen LogP contribution in [0.4, 0.5) is 0 Å². The molecule has 0 amide bonds. The smallest absolute Gasteiger partial charge is 0.0213 e. The average Bonchev–Trinajstić information content (AvgIpc) is 2.91. The Labute approximate surface area is 95.8 Å². The van der Waals surface area contributed by atoms with Crippen LogP contribution in [0.25, 0.3) is 0 Å². The molecule has 2 rings (SSSR count). The lowest BCUT2D eigenvalue weighted by molar-refractivity contribution is 0.431. The van der Waals surface area contributed by atoms with Crippen LogP contribution < -0.4 is 11.3 Å². The summed E-state index contributed by atoms with van der Waals surface area (Å²) in [5, 5.41) is 2.15. The van der Waals surface area contributed by atoms with Crippen molar-refractivity contribution in [3.63, 3.8) is 0 Å². The minimum absolute atomic E-state index is 0.539. The molecular formula is C12H20N2S. The molecule has 3 heteroatoms. The van der Waals surface area contributed by atoms with E-state index in [0.29, 0.717) is 6.04 Å². The number of nitrogens with one attached hydrogen (secondary N) is 1. The molecule has 1 aromatic rings. The zero-order valence-electron chi connectivity index (χ0n) is 9.11. The van der Waals surface area contributed by atoms with Crippen LogP contribution in [0.1, 0.15) is 37.0 Å². The summed E-state index contributed by atoms with van der Waals surface area (Å²) in [6.07, 6.45) is 7.79. The van der Waals surface area contributed by atoms with Gasteiger partial charge in [-0.2, -0.15) is 0 Å². The van der Waals surface area contributed by atoms with E-state index >= 15 is 0 Å². The molecule has 1 atom stereocenters. The molecule has 0 radical (unpaired) electrons. The van der Waals surface area contributed by atoms with Gasteiger partial charge in [0, 0.05) is 10.9 Å². The van der Waals surface area contributed by atoms with Crippen molar-refractivity contribution in [1.82, 2.24) is 5.43 Å². The zero-order valence-corrected chi connectivity index (χ0v) is 9.93. The highest BCUT2D eigenvalue weighted by Crippen LogP contribution is 2.34. The van der Waals surface area contributed by atoms with Crippen molar-refractivity contribution >= 4 is 11.3 Å². The van der Waals surface area contributed by atoms with Gasteiger partial charge < -0.3 is 0 Å². The molecule has 15 heavy (non-hydrogen) atoms. The summed E-state index contributed by atoms with van der Waals surface area (Å²) in [6.45, 7) is 0. The molecule has 1 aromatic heterocycles. The molecule has 0 aliphatic heterocycles. The van der Waals surface area contributed by atoms with Gasteiger partial charge in [-0.3, -0.25) is 11.3 Å². The van der Waals surface area contributed by atoms with Crippen LogP contribution in [0.3, 0.4) is 0 Å². The number of thiophene rings is 1. The maximum atomic E-state index is 5.56. The van der Waals surface area contributed by atoms with Crippen LogP contribution in [0.5, 0.6) is 0 Å². The summed E-state index contributed by atoms with van der Waals surface area (Å²) in [5.74, 6) is 6.53. The van der Waals surface area contributed by atoms with Crippen molar-refractivity contribution in [3.05, 3.63) is 22.4 Å². The average molecular weight is 224 g/mol. The molecule has 1 heterocycles. The zero-order chi connectivity index (χ0) is 10.5. The number of aryl methyl sites for hydroxylation is 1. The predicted octanol–water partition coefficient (Wildman–Crippen LogP) is 2.70. The first-order valence-electron chi connectivity index (χ1n) is 5.87. The van der Waals surface area contributed by atoms with Crippen LogP contribution in [0.2, 0.25) is 0 Å². The number of hydrazine groups is 1. The third kappa shape index (κ3) is 3.93. The second kappa shape index (κ2) is 5.64. The van der Waals surface area contributed by atoms with Gasteiger partial charge in [0.1, 0.15) is 0 Å². The van der Waals surface area contributed by atoms with Gasteiger partial charge >= 0.3 is 0 Å². The molecule has 2 nitrogen and oxygen atoms in total. The second-order valence-corrected chi connectivity index (χ2v) is 5.55. The first kappa shape index (κ1) is 11.1. The molecule has 1 fully saturated rings. The van der Waals surface area contributed by atoms with E-state index in [1.54, 1.807) is 0 Å². The fraction of sp³-hybridized carbons (Fsp3) is 0.667. The van der Waals surface area contributed by atoms with Crippen LogP contribution in [-0.2, 0) is 6.42 Å². The molecule has 1 aliphatic carbocycles. The van der Waals surface area contributed by atoms with E-state index in [1.165, 1.54) is 43.4 Å². The highest BCUT2D eigenvalue weighted by molar-refractivity contribution is 7.09. The van der Waals surface area contributed by atoms with Crippen molar-refractivity contribution < 1.29 is 0 Å². The van der Waals surface area contributed by atoms with E-state index in [4.69, 9.17) is 5.84 Å². The normalized spacial score (nSPS) is 17.9. The maximum absolute atomic E-state index is 5.56. The highest BCUT2D eigenvalue weighted by Gasteiger charge is 2.24. The van der Waals surface area contributed by atoms with E-state index in [2.05, 4.69) is 22.9 Å². The Morgan fingerprint density at radius 1 is 1.53 bits per heavy atom. The lowest BCUT2D eigenvalue weighted by Gasteiger charge is -2.14. The Kier molecular flexibility index (Phi) is 4.18. The van der Waals surface area contributed by atoms with Crippen LogP contribution in [0.15, 0.2) is 17.5 Å². The topological polar surface area (TPSA) is 38.0 Å². The third-order valence-corrected chi connectivity index (χ3v) is 4.04. The van der Waals surface area contributed by atoms with Crippen LogP contribution in [-0.4, -0.2) is 6.04 Å². The van der Waals surface area contributed by atoms with Crippen molar-refractivity contribution in [2.45, 2.75) is 44.6 Å². The Balaban J connectivity index is 1.62. The summed E-state index contributed by atoms with van der Waals surface area (Å²) < 4.78 is 0. The van der Waals surface area contributed by atoms with Gasteiger partial charge in [-0.25, -0.2) is 0 Å². The monoisotopic (exact) mass is 224 g/mol. The molecule has 0 saturated heterocycles. The minimum atomic E-state index is 0.539. The van der Waals surface area contributed by atoms with E-state index in [1.807, 2.05) is 11.3 Å². The van der Waals surface area contributed by atoms with Crippen molar-refractivity contribution in [2.24, 2.45) is 11.8 Å². The molecule has 0 bridgehead atoms.